The molecule has 0 aliphatic heterocycles. The Bertz CT molecular complexity index is 663. The highest BCUT2D eigenvalue weighted by atomic mass is 32.2. The second-order valence-electron chi connectivity index (χ2n) is 4.77. The standard InChI is InChI=1S/C14H19N3O2S/c1-12-16-11-14(10-15-8-9-20(2,18)19)17(12)13-6-4-3-5-7-13/h3-7,11,15H,8-10H2,1-2H3. The molecule has 0 saturated carbocycles. The second-order valence-corrected chi connectivity index (χ2v) is 7.03. The third-order valence-electron chi connectivity index (χ3n) is 2.98. The number of rotatable bonds is 6. The van der Waals surface area contributed by atoms with Crippen molar-refractivity contribution in [3.63, 3.8) is 0 Å². The summed E-state index contributed by atoms with van der Waals surface area (Å²) < 4.78 is 24.2. The zero-order chi connectivity index (χ0) is 14.6. The van der Waals surface area contributed by atoms with E-state index in [1.807, 2.05) is 43.5 Å². The fourth-order valence-electron chi connectivity index (χ4n) is 2.02. The van der Waals surface area contributed by atoms with E-state index in [9.17, 15) is 8.42 Å². The van der Waals surface area contributed by atoms with Gasteiger partial charge in [0.1, 0.15) is 15.7 Å². The first-order valence-corrected chi connectivity index (χ1v) is 8.50. The molecule has 1 N–H and O–H groups in total. The molecule has 0 aliphatic carbocycles. The van der Waals surface area contributed by atoms with Gasteiger partial charge in [-0.1, -0.05) is 18.2 Å². The summed E-state index contributed by atoms with van der Waals surface area (Å²) in [5.74, 6) is 1.06. The fourth-order valence-corrected chi connectivity index (χ4v) is 2.53. The van der Waals surface area contributed by atoms with Crippen molar-refractivity contribution in [3.05, 3.63) is 48.0 Å². The SMILES string of the molecule is Cc1ncc(CNCCS(C)(=O)=O)n1-c1ccccc1. The summed E-state index contributed by atoms with van der Waals surface area (Å²) >= 11 is 0. The van der Waals surface area contributed by atoms with Gasteiger partial charge >= 0.3 is 0 Å². The molecule has 2 aromatic rings. The Morgan fingerprint density at radius 3 is 2.60 bits per heavy atom. The summed E-state index contributed by atoms with van der Waals surface area (Å²) in [4.78, 5) is 4.33. The monoisotopic (exact) mass is 293 g/mol. The number of aromatic nitrogens is 2. The van der Waals surface area contributed by atoms with Gasteiger partial charge in [-0.2, -0.15) is 0 Å². The van der Waals surface area contributed by atoms with Gasteiger partial charge in [-0.15, -0.1) is 0 Å². The zero-order valence-electron chi connectivity index (χ0n) is 11.7. The van der Waals surface area contributed by atoms with Crippen LogP contribution in [0.25, 0.3) is 5.69 Å². The predicted molar refractivity (Wildman–Crippen MR) is 79.7 cm³/mol. The number of hydrogen-bond acceptors (Lipinski definition) is 4. The minimum Gasteiger partial charge on any atom is -0.310 e. The lowest BCUT2D eigenvalue weighted by Gasteiger charge is -2.11. The molecule has 0 bridgehead atoms. The molecule has 0 atom stereocenters. The van der Waals surface area contributed by atoms with Gasteiger partial charge in [-0.05, 0) is 19.1 Å². The number of imidazole rings is 1. The number of nitrogens with one attached hydrogen (secondary N) is 1. The third kappa shape index (κ3) is 3.91. The average Bonchev–Trinajstić information content (AvgIpc) is 2.76. The molecule has 0 radical (unpaired) electrons. The first-order chi connectivity index (χ1) is 9.47. The van der Waals surface area contributed by atoms with Crippen LogP contribution in [0.3, 0.4) is 0 Å². The van der Waals surface area contributed by atoms with Crippen LogP contribution in [0.4, 0.5) is 0 Å². The lowest BCUT2D eigenvalue weighted by Crippen LogP contribution is -2.23. The number of aryl methyl sites for hydroxylation is 1. The molecule has 0 fully saturated rings. The number of sulfone groups is 1. The van der Waals surface area contributed by atoms with Gasteiger partial charge in [0.05, 0.1) is 17.6 Å². The van der Waals surface area contributed by atoms with Crippen LogP contribution in [0.1, 0.15) is 11.5 Å². The lowest BCUT2D eigenvalue weighted by atomic mass is 10.3. The molecule has 0 amide bonds. The molecule has 5 nitrogen and oxygen atoms in total. The van der Waals surface area contributed by atoms with E-state index in [1.54, 1.807) is 0 Å². The summed E-state index contributed by atoms with van der Waals surface area (Å²) in [6.45, 7) is 2.98. The van der Waals surface area contributed by atoms with Gasteiger partial charge in [-0.3, -0.25) is 4.57 Å². The van der Waals surface area contributed by atoms with Gasteiger partial charge in [0, 0.05) is 25.0 Å². The average molecular weight is 293 g/mol. The highest BCUT2D eigenvalue weighted by Crippen LogP contribution is 2.14. The van der Waals surface area contributed by atoms with Crippen LogP contribution in [0.15, 0.2) is 36.5 Å². The highest BCUT2D eigenvalue weighted by Gasteiger charge is 2.08. The minimum atomic E-state index is -2.92. The van der Waals surface area contributed by atoms with E-state index >= 15 is 0 Å². The van der Waals surface area contributed by atoms with E-state index < -0.39 is 9.84 Å². The molecule has 0 unspecified atom stereocenters. The molecular formula is C14H19N3O2S. The summed E-state index contributed by atoms with van der Waals surface area (Å²) in [5.41, 5.74) is 2.07. The van der Waals surface area contributed by atoms with E-state index in [0.717, 1.165) is 17.2 Å². The number of nitrogens with zero attached hydrogens (tertiary/aromatic N) is 2. The zero-order valence-corrected chi connectivity index (χ0v) is 12.5. The van der Waals surface area contributed by atoms with Crippen LogP contribution < -0.4 is 5.32 Å². The Kier molecular flexibility index (Phi) is 4.57. The van der Waals surface area contributed by atoms with E-state index in [-0.39, 0.29) is 5.75 Å². The van der Waals surface area contributed by atoms with Crippen molar-refractivity contribution in [1.82, 2.24) is 14.9 Å². The van der Waals surface area contributed by atoms with Crippen molar-refractivity contribution in [2.45, 2.75) is 13.5 Å². The van der Waals surface area contributed by atoms with Crippen molar-refractivity contribution in [1.29, 1.82) is 0 Å². The fraction of sp³-hybridized carbons (Fsp3) is 0.357. The largest absolute Gasteiger partial charge is 0.310 e. The van der Waals surface area contributed by atoms with Gasteiger partial charge in [-0.25, -0.2) is 13.4 Å². The van der Waals surface area contributed by atoms with E-state index in [1.165, 1.54) is 6.26 Å². The number of benzene rings is 1. The second kappa shape index (κ2) is 6.19. The Labute approximate surface area is 119 Å². The molecule has 0 spiro atoms. The van der Waals surface area contributed by atoms with Crippen molar-refractivity contribution in [2.24, 2.45) is 0 Å². The molecule has 1 aromatic carbocycles. The van der Waals surface area contributed by atoms with E-state index in [2.05, 4.69) is 14.9 Å². The maximum absolute atomic E-state index is 11.1. The molecule has 2 rings (SSSR count). The maximum atomic E-state index is 11.1. The summed E-state index contributed by atoms with van der Waals surface area (Å²) in [6.07, 6.45) is 3.06. The molecule has 1 aromatic heterocycles. The minimum absolute atomic E-state index is 0.144. The lowest BCUT2D eigenvalue weighted by molar-refractivity contribution is 0.595. The first-order valence-electron chi connectivity index (χ1n) is 6.44. The Hall–Kier alpha value is -1.66. The molecule has 6 heteroatoms. The molecule has 0 aliphatic rings. The van der Waals surface area contributed by atoms with Gasteiger partial charge in [0.2, 0.25) is 0 Å². The quantitative estimate of drug-likeness (QED) is 0.816. The Morgan fingerprint density at radius 1 is 1.25 bits per heavy atom. The molecular weight excluding hydrogens is 274 g/mol. The third-order valence-corrected chi connectivity index (χ3v) is 3.93. The van der Waals surface area contributed by atoms with Crippen molar-refractivity contribution in [2.75, 3.05) is 18.6 Å². The predicted octanol–water partition coefficient (Wildman–Crippen LogP) is 1.31. The molecule has 108 valence electrons. The van der Waals surface area contributed by atoms with Crippen LogP contribution >= 0.6 is 0 Å². The molecule has 0 saturated heterocycles. The van der Waals surface area contributed by atoms with Crippen molar-refractivity contribution < 1.29 is 8.42 Å². The van der Waals surface area contributed by atoms with Crippen LogP contribution in [0.2, 0.25) is 0 Å². The van der Waals surface area contributed by atoms with E-state index in [4.69, 9.17) is 0 Å². The summed E-state index contributed by atoms with van der Waals surface area (Å²) in [7, 11) is -2.92. The van der Waals surface area contributed by atoms with Gasteiger partial charge in [0.25, 0.3) is 0 Å². The van der Waals surface area contributed by atoms with Crippen LogP contribution in [0.5, 0.6) is 0 Å². The van der Waals surface area contributed by atoms with Gasteiger partial charge < -0.3 is 5.32 Å². The number of hydrogen-bond donors (Lipinski definition) is 1. The van der Waals surface area contributed by atoms with Crippen LogP contribution in [-0.4, -0.2) is 36.5 Å². The molecule has 1 heterocycles. The highest BCUT2D eigenvalue weighted by molar-refractivity contribution is 7.90. The van der Waals surface area contributed by atoms with Crippen LogP contribution in [0, 0.1) is 6.92 Å². The Morgan fingerprint density at radius 2 is 1.95 bits per heavy atom. The normalized spacial score (nSPS) is 11.7. The van der Waals surface area contributed by atoms with Gasteiger partial charge in [0.15, 0.2) is 0 Å². The topological polar surface area (TPSA) is 64.0 Å². The van der Waals surface area contributed by atoms with E-state index in [0.29, 0.717) is 13.1 Å². The molecule has 20 heavy (non-hydrogen) atoms. The summed E-state index contributed by atoms with van der Waals surface area (Å²) in [6, 6.07) is 9.98. The van der Waals surface area contributed by atoms with Crippen LogP contribution in [-0.2, 0) is 16.4 Å². The first kappa shape index (κ1) is 14.7. The van der Waals surface area contributed by atoms with Crippen molar-refractivity contribution in [3.8, 4) is 5.69 Å². The van der Waals surface area contributed by atoms with Crippen molar-refractivity contribution >= 4 is 9.84 Å². The number of para-hydroxylation sites is 1. The Balaban J connectivity index is 2.07. The smallest absolute Gasteiger partial charge is 0.148 e. The summed E-state index contributed by atoms with van der Waals surface area (Å²) in [5, 5.41) is 3.14. The maximum Gasteiger partial charge on any atom is 0.148 e.